The monoisotopic (exact) mass is 135 g/mol. The molecule has 0 aromatic heterocycles. The number of hydrogen-bond acceptors (Lipinski definition) is 4. The van der Waals surface area contributed by atoms with Gasteiger partial charge in [-0.1, -0.05) is 0 Å². The molecule has 0 saturated heterocycles. The SMILES string of the molecule is CC(O)C(O)C(O)[CH]O. The van der Waals surface area contributed by atoms with E-state index in [2.05, 4.69) is 0 Å². The molecule has 0 heterocycles. The van der Waals surface area contributed by atoms with E-state index in [0.29, 0.717) is 6.61 Å². The Hall–Kier alpha value is -0.160. The Balaban J connectivity index is 3.58. The highest BCUT2D eigenvalue weighted by atomic mass is 16.4. The van der Waals surface area contributed by atoms with Crippen LogP contribution in [0.15, 0.2) is 0 Å². The maximum Gasteiger partial charge on any atom is 0.111 e. The van der Waals surface area contributed by atoms with Gasteiger partial charge in [-0.05, 0) is 6.92 Å². The average Bonchev–Trinajstić information content (AvgIpc) is 1.84. The van der Waals surface area contributed by atoms with E-state index in [1.807, 2.05) is 0 Å². The largest absolute Gasteiger partial charge is 0.391 e. The van der Waals surface area contributed by atoms with E-state index in [9.17, 15) is 0 Å². The normalized spacial score (nSPS) is 21.0. The van der Waals surface area contributed by atoms with Crippen LogP contribution < -0.4 is 0 Å². The summed E-state index contributed by atoms with van der Waals surface area (Å²) in [4.78, 5) is 0. The smallest absolute Gasteiger partial charge is 0.111 e. The second kappa shape index (κ2) is 3.79. The van der Waals surface area contributed by atoms with Gasteiger partial charge in [-0.15, -0.1) is 0 Å². The summed E-state index contributed by atoms with van der Waals surface area (Å²) in [5.74, 6) is 0. The van der Waals surface area contributed by atoms with Crippen molar-refractivity contribution in [1.82, 2.24) is 0 Å². The van der Waals surface area contributed by atoms with Crippen molar-refractivity contribution in [3.8, 4) is 0 Å². The van der Waals surface area contributed by atoms with E-state index < -0.39 is 18.3 Å². The predicted molar refractivity (Wildman–Crippen MR) is 29.9 cm³/mol. The van der Waals surface area contributed by atoms with E-state index >= 15 is 0 Å². The topological polar surface area (TPSA) is 80.9 Å². The van der Waals surface area contributed by atoms with Crippen LogP contribution in [-0.4, -0.2) is 38.7 Å². The maximum atomic E-state index is 8.70. The lowest BCUT2D eigenvalue weighted by molar-refractivity contribution is -0.0527. The first-order valence-electron chi connectivity index (χ1n) is 2.61. The first kappa shape index (κ1) is 8.84. The lowest BCUT2D eigenvalue weighted by Crippen LogP contribution is -2.35. The van der Waals surface area contributed by atoms with Crippen molar-refractivity contribution in [2.75, 3.05) is 0 Å². The molecule has 0 aliphatic heterocycles. The van der Waals surface area contributed by atoms with Gasteiger partial charge in [0.25, 0.3) is 0 Å². The Morgan fingerprint density at radius 2 is 1.67 bits per heavy atom. The third-order valence-electron chi connectivity index (χ3n) is 0.997. The highest BCUT2D eigenvalue weighted by molar-refractivity contribution is 4.76. The van der Waals surface area contributed by atoms with Gasteiger partial charge in [-0.25, -0.2) is 0 Å². The van der Waals surface area contributed by atoms with Gasteiger partial charge in [-0.3, -0.25) is 0 Å². The van der Waals surface area contributed by atoms with Gasteiger partial charge < -0.3 is 20.4 Å². The van der Waals surface area contributed by atoms with Crippen LogP contribution in [0.1, 0.15) is 6.92 Å². The maximum absolute atomic E-state index is 8.70. The summed E-state index contributed by atoms with van der Waals surface area (Å²) in [5, 5.41) is 34.0. The van der Waals surface area contributed by atoms with Crippen LogP contribution in [0.3, 0.4) is 0 Å². The highest BCUT2D eigenvalue weighted by Gasteiger charge is 2.19. The Kier molecular flexibility index (Phi) is 3.72. The summed E-state index contributed by atoms with van der Waals surface area (Å²) in [6.45, 7) is 1.74. The molecule has 9 heavy (non-hydrogen) atoms. The molecule has 0 saturated carbocycles. The summed E-state index contributed by atoms with van der Waals surface area (Å²) >= 11 is 0. The molecular formula is C5H11O4. The third kappa shape index (κ3) is 2.76. The van der Waals surface area contributed by atoms with E-state index in [0.717, 1.165) is 0 Å². The molecule has 4 nitrogen and oxygen atoms in total. The zero-order valence-corrected chi connectivity index (χ0v) is 5.10. The van der Waals surface area contributed by atoms with Gasteiger partial charge in [0.15, 0.2) is 0 Å². The van der Waals surface area contributed by atoms with E-state index in [4.69, 9.17) is 20.4 Å². The molecule has 0 aliphatic rings. The molecule has 0 amide bonds. The molecule has 3 atom stereocenters. The quantitative estimate of drug-likeness (QED) is 0.384. The van der Waals surface area contributed by atoms with Crippen LogP contribution in [0.5, 0.6) is 0 Å². The molecule has 3 unspecified atom stereocenters. The predicted octanol–water partition coefficient (Wildman–Crippen LogP) is -1.38. The van der Waals surface area contributed by atoms with Crippen molar-refractivity contribution in [1.29, 1.82) is 0 Å². The van der Waals surface area contributed by atoms with E-state index in [1.165, 1.54) is 6.92 Å². The molecule has 4 heteroatoms. The molecule has 1 radical (unpaired) electrons. The van der Waals surface area contributed by atoms with Crippen LogP contribution in [0.25, 0.3) is 0 Å². The van der Waals surface area contributed by atoms with Crippen molar-refractivity contribution < 1.29 is 20.4 Å². The lowest BCUT2D eigenvalue weighted by Gasteiger charge is -2.16. The van der Waals surface area contributed by atoms with Gasteiger partial charge in [0.05, 0.1) is 6.10 Å². The van der Waals surface area contributed by atoms with Gasteiger partial charge in [-0.2, -0.15) is 0 Å². The Bertz CT molecular complexity index is 73.4. The zero-order chi connectivity index (χ0) is 7.44. The van der Waals surface area contributed by atoms with Gasteiger partial charge >= 0.3 is 0 Å². The van der Waals surface area contributed by atoms with Crippen molar-refractivity contribution in [3.05, 3.63) is 6.61 Å². The summed E-state index contributed by atoms with van der Waals surface area (Å²) in [5.41, 5.74) is 0. The van der Waals surface area contributed by atoms with Crippen molar-refractivity contribution in [2.24, 2.45) is 0 Å². The number of aliphatic hydroxyl groups excluding tert-OH is 4. The number of hydrogen-bond donors (Lipinski definition) is 4. The van der Waals surface area contributed by atoms with Crippen molar-refractivity contribution in [3.63, 3.8) is 0 Å². The van der Waals surface area contributed by atoms with E-state index in [1.54, 1.807) is 0 Å². The lowest BCUT2D eigenvalue weighted by atomic mass is 10.1. The minimum absolute atomic E-state index is 0.428. The summed E-state index contributed by atoms with van der Waals surface area (Å²) in [7, 11) is 0. The fourth-order valence-corrected chi connectivity index (χ4v) is 0.374. The molecule has 0 aliphatic carbocycles. The van der Waals surface area contributed by atoms with Crippen LogP contribution in [0.4, 0.5) is 0 Å². The van der Waals surface area contributed by atoms with Crippen LogP contribution in [0.2, 0.25) is 0 Å². The standard InChI is InChI=1S/C5H11O4/c1-3(7)5(9)4(8)2-6/h2-9H,1H3. The Morgan fingerprint density at radius 3 is 1.78 bits per heavy atom. The van der Waals surface area contributed by atoms with Crippen molar-refractivity contribution in [2.45, 2.75) is 25.2 Å². The summed E-state index contributed by atoms with van der Waals surface area (Å²) < 4.78 is 0. The van der Waals surface area contributed by atoms with Gasteiger partial charge in [0, 0.05) is 0 Å². The summed E-state index contributed by atoms with van der Waals surface area (Å²) in [6, 6.07) is 0. The van der Waals surface area contributed by atoms with E-state index in [-0.39, 0.29) is 0 Å². The Labute approximate surface area is 53.4 Å². The molecule has 4 N–H and O–H groups in total. The molecule has 0 spiro atoms. The zero-order valence-electron chi connectivity index (χ0n) is 5.10. The Morgan fingerprint density at radius 1 is 1.22 bits per heavy atom. The average molecular weight is 135 g/mol. The molecular weight excluding hydrogens is 124 g/mol. The highest BCUT2D eigenvalue weighted by Crippen LogP contribution is 1.99. The first-order chi connectivity index (χ1) is 4.09. The molecule has 0 rings (SSSR count). The fraction of sp³-hybridized carbons (Fsp3) is 0.800. The second-order valence-electron chi connectivity index (χ2n) is 1.87. The van der Waals surface area contributed by atoms with Gasteiger partial charge in [0.2, 0.25) is 0 Å². The molecule has 55 valence electrons. The fourth-order valence-electron chi connectivity index (χ4n) is 0.374. The summed E-state index contributed by atoms with van der Waals surface area (Å²) in [6.07, 6.45) is -3.72. The third-order valence-corrected chi connectivity index (χ3v) is 0.997. The minimum Gasteiger partial charge on any atom is -0.391 e. The van der Waals surface area contributed by atoms with Crippen LogP contribution >= 0.6 is 0 Å². The molecule has 0 fully saturated rings. The number of rotatable bonds is 3. The first-order valence-corrected chi connectivity index (χ1v) is 2.61. The molecule has 0 bridgehead atoms. The van der Waals surface area contributed by atoms with Crippen LogP contribution in [0, 0.1) is 6.61 Å². The molecule has 0 aromatic rings. The second-order valence-corrected chi connectivity index (χ2v) is 1.87. The molecule has 0 aromatic carbocycles. The number of aliphatic hydroxyl groups is 4. The van der Waals surface area contributed by atoms with Crippen LogP contribution in [-0.2, 0) is 0 Å². The minimum atomic E-state index is -1.37. The van der Waals surface area contributed by atoms with Gasteiger partial charge in [0.1, 0.15) is 18.8 Å². The van der Waals surface area contributed by atoms with Crippen molar-refractivity contribution >= 4 is 0 Å².